The minimum atomic E-state index is -4.86. The number of aromatic nitrogens is 2. The van der Waals surface area contributed by atoms with Gasteiger partial charge in [-0.15, -0.1) is 13.2 Å². The van der Waals surface area contributed by atoms with Crippen molar-refractivity contribution < 1.29 is 27.8 Å². The number of rotatable bonds is 2. The SMILES string of the molecule is Cc1nc2c(OC(F)(F)F)cccn2c1C(=O)O. The third-order valence-corrected chi connectivity index (χ3v) is 2.22. The van der Waals surface area contributed by atoms with Crippen LogP contribution in [0.25, 0.3) is 5.65 Å². The Bertz CT molecular complexity index is 619. The van der Waals surface area contributed by atoms with E-state index in [0.29, 0.717) is 0 Å². The standard InChI is InChI=1S/C10H7F3N2O3/c1-5-7(9(16)17)15-4-2-3-6(8(15)14-5)18-10(11,12)13/h2-4H,1H3,(H,16,17). The van der Waals surface area contributed by atoms with Gasteiger partial charge < -0.3 is 9.84 Å². The Kier molecular flexibility index (Phi) is 2.64. The van der Waals surface area contributed by atoms with Crippen molar-refractivity contribution in [3.8, 4) is 5.75 Å². The van der Waals surface area contributed by atoms with Gasteiger partial charge in [0, 0.05) is 6.20 Å². The zero-order chi connectivity index (χ0) is 13.5. The molecule has 2 heterocycles. The highest BCUT2D eigenvalue weighted by atomic mass is 19.4. The van der Waals surface area contributed by atoms with Gasteiger partial charge in [0.1, 0.15) is 0 Å². The molecule has 0 saturated carbocycles. The molecule has 8 heteroatoms. The Balaban J connectivity index is 2.65. The Labute approximate surface area is 98.4 Å². The van der Waals surface area contributed by atoms with Crippen molar-refractivity contribution in [2.24, 2.45) is 0 Å². The van der Waals surface area contributed by atoms with E-state index in [0.717, 1.165) is 10.5 Å². The van der Waals surface area contributed by atoms with Gasteiger partial charge in [0.15, 0.2) is 17.1 Å². The largest absolute Gasteiger partial charge is 0.573 e. The molecular weight excluding hydrogens is 253 g/mol. The Morgan fingerprint density at radius 1 is 1.50 bits per heavy atom. The van der Waals surface area contributed by atoms with Crippen LogP contribution < -0.4 is 4.74 Å². The molecule has 5 nitrogen and oxygen atoms in total. The van der Waals surface area contributed by atoms with Crippen LogP contribution >= 0.6 is 0 Å². The number of alkyl halides is 3. The lowest BCUT2D eigenvalue weighted by atomic mass is 10.3. The highest BCUT2D eigenvalue weighted by Crippen LogP contribution is 2.27. The van der Waals surface area contributed by atoms with Crippen LogP contribution in [-0.2, 0) is 0 Å². The number of aryl methyl sites for hydroxylation is 1. The summed E-state index contributed by atoms with van der Waals surface area (Å²) in [5.41, 5.74) is -0.275. The Hall–Kier alpha value is -2.25. The van der Waals surface area contributed by atoms with Crippen molar-refractivity contribution in [3.63, 3.8) is 0 Å². The first kappa shape index (κ1) is 12.2. The molecule has 0 saturated heterocycles. The van der Waals surface area contributed by atoms with Gasteiger partial charge in [-0.2, -0.15) is 0 Å². The summed E-state index contributed by atoms with van der Waals surface area (Å²) >= 11 is 0. The van der Waals surface area contributed by atoms with Gasteiger partial charge in [-0.25, -0.2) is 9.78 Å². The minimum absolute atomic E-state index is 0.112. The molecule has 0 bridgehead atoms. The fourth-order valence-electron chi connectivity index (χ4n) is 1.62. The third-order valence-electron chi connectivity index (χ3n) is 2.22. The molecule has 2 aromatic rings. The second kappa shape index (κ2) is 3.90. The molecular formula is C10H7F3N2O3. The molecule has 2 aromatic heterocycles. The van der Waals surface area contributed by atoms with Crippen molar-refractivity contribution in [2.45, 2.75) is 13.3 Å². The number of imidazole rings is 1. The molecule has 0 radical (unpaired) electrons. The van der Waals surface area contributed by atoms with Crippen molar-refractivity contribution in [1.29, 1.82) is 0 Å². The molecule has 0 aromatic carbocycles. The summed E-state index contributed by atoms with van der Waals surface area (Å²) in [5.74, 6) is -1.82. The number of hydrogen-bond donors (Lipinski definition) is 1. The van der Waals surface area contributed by atoms with E-state index in [1.54, 1.807) is 0 Å². The van der Waals surface area contributed by atoms with E-state index in [1.165, 1.54) is 19.2 Å². The zero-order valence-corrected chi connectivity index (χ0v) is 9.02. The number of aromatic carboxylic acids is 1. The summed E-state index contributed by atoms with van der Waals surface area (Å²) in [7, 11) is 0. The Morgan fingerprint density at radius 2 is 2.17 bits per heavy atom. The van der Waals surface area contributed by atoms with Gasteiger partial charge in [0.05, 0.1) is 5.69 Å². The van der Waals surface area contributed by atoms with Gasteiger partial charge in [-0.05, 0) is 19.1 Å². The van der Waals surface area contributed by atoms with Crippen LogP contribution in [0.2, 0.25) is 0 Å². The maximum atomic E-state index is 12.2. The monoisotopic (exact) mass is 260 g/mol. The average molecular weight is 260 g/mol. The zero-order valence-electron chi connectivity index (χ0n) is 9.02. The van der Waals surface area contributed by atoms with Gasteiger partial charge in [-0.1, -0.05) is 0 Å². The van der Waals surface area contributed by atoms with Crippen molar-refractivity contribution >= 4 is 11.6 Å². The molecule has 2 rings (SSSR count). The normalized spacial score (nSPS) is 11.8. The molecule has 0 unspecified atom stereocenters. The molecule has 0 aliphatic rings. The highest BCUT2D eigenvalue weighted by molar-refractivity contribution is 5.88. The number of carboxylic acids is 1. The molecule has 18 heavy (non-hydrogen) atoms. The summed E-state index contributed by atoms with van der Waals surface area (Å²) in [6, 6.07) is 2.32. The van der Waals surface area contributed by atoms with Crippen LogP contribution in [0, 0.1) is 6.92 Å². The van der Waals surface area contributed by atoms with Crippen LogP contribution in [0.15, 0.2) is 18.3 Å². The molecule has 0 atom stereocenters. The predicted molar refractivity (Wildman–Crippen MR) is 53.6 cm³/mol. The molecule has 0 spiro atoms. The molecule has 0 fully saturated rings. The summed E-state index contributed by atoms with van der Waals surface area (Å²) in [6.45, 7) is 1.40. The number of hydrogen-bond acceptors (Lipinski definition) is 3. The summed E-state index contributed by atoms with van der Waals surface area (Å²) in [6.07, 6.45) is -3.55. The van der Waals surface area contributed by atoms with E-state index >= 15 is 0 Å². The first-order chi connectivity index (χ1) is 8.29. The molecule has 0 amide bonds. The Morgan fingerprint density at radius 3 is 2.72 bits per heavy atom. The van der Waals surface area contributed by atoms with Crippen LogP contribution in [0.1, 0.15) is 16.2 Å². The second-order valence-electron chi connectivity index (χ2n) is 3.46. The first-order valence-corrected chi connectivity index (χ1v) is 4.76. The lowest BCUT2D eigenvalue weighted by Crippen LogP contribution is -2.17. The number of halogens is 3. The number of fused-ring (bicyclic) bond motifs is 1. The van der Waals surface area contributed by atoms with Crippen molar-refractivity contribution in [2.75, 3.05) is 0 Å². The van der Waals surface area contributed by atoms with Crippen molar-refractivity contribution in [1.82, 2.24) is 9.38 Å². The fourth-order valence-corrected chi connectivity index (χ4v) is 1.62. The maximum absolute atomic E-state index is 12.2. The van der Waals surface area contributed by atoms with Crippen LogP contribution in [0.3, 0.4) is 0 Å². The lowest BCUT2D eigenvalue weighted by Gasteiger charge is -2.09. The van der Waals surface area contributed by atoms with Gasteiger partial charge in [0.2, 0.25) is 0 Å². The number of nitrogens with zero attached hydrogens (tertiary/aromatic N) is 2. The summed E-state index contributed by atoms with van der Waals surface area (Å²) < 4.78 is 41.3. The fraction of sp³-hybridized carbons (Fsp3) is 0.200. The number of ether oxygens (including phenoxy) is 1. The molecule has 0 aliphatic carbocycles. The van der Waals surface area contributed by atoms with E-state index in [-0.39, 0.29) is 17.0 Å². The van der Waals surface area contributed by atoms with E-state index in [9.17, 15) is 18.0 Å². The summed E-state index contributed by atoms with van der Waals surface area (Å²) in [4.78, 5) is 14.7. The maximum Gasteiger partial charge on any atom is 0.573 e. The van der Waals surface area contributed by atoms with Gasteiger partial charge in [-0.3, -0.25) is 4.40 Å². The highest BCUT2D eigenvalue weighted by Gasteiger charge is 2.32. The molecule has 1 N–H and O–H groups in total. The number of carboxylic acid groups (broad SMARTS) is 1. The first-order valence-electron chi connectivity index (χ1n) is 4.76. The smallest absolute Gasteiger partial charge is 0.477 e. The van der Waals surface area contributed by atoms with Crippen molar-refractivity contribution in [3.05, 3.63) is 29.7 Å². The summed E-state index contributed by atoms with van der Waals surface area (Å²) in [5, 5.41) is 8.95. The third kappa shape index (κ3) is 2.08. The second-order valence-corrected chi connectivity index (χ2v) is 3.46. The van der Waals surface area contributed by atoms with E-state index in [4.69, 9.17) is 5.11 Å². The average Bonchev–Trinajstić information content (AvgIpc) is 2.53. The predicted octanol–water partition coefficient (Wildman–Crippen LogP) is 2.24. The van der Waals surface area contributed by atoms with Crippen LogP contribution in [0.4, 0.5) is 13.2 Å². The number of pyridine rings is 1. The van der Waals surface area contributed by atoms with E-state index in [1.807, 2.05) is 0 Å². The van der Waals surface area contributed by atoms with Gasteiger partial charge in [0.25, 0.3) is 0 Å². The molecule has 96 valence electrons. The topological polar surface area (TPSA) is 63.8 Å². The van der Waals surface area contributed by atoms with Crippen LogP contribution in [0.5, 0.6) is 5.75 Å². The minimum Gasteiger partial charge on any atom is -0.477 e. The van der Waals surface area contributed by atoms with E-state index in [2.05, 4.69) is 9.72 Å². The quantitative estimate of drug-likeness (QED) is 0.899. The lowest BCUT2D eigenvalue weighted by molar-refractivity contribution is -0.274. The van der Waals surface area contributed by atoms with Crippen LogP contribution in [-0.4, -0.2) is 26.8 Å². The van der Waals surface area contributed by atoms with Gasteiger partial charge >= 0.3 is 12.3 Å². The number of carbonyl (C=O) groups is 1. The molecule has 0 aliphatic heterocycles. The van der Waals surface area contributed by atoms with E-state index < -0.39 is 18.1 Å².